The number of allylic oxidation sites excluding steroid dienone is 1. The molecular weight excluding hydrogens is 418 g/mol. The molecule has 33 heavy (non-hydrogen) atoms. The van der Waals surface area contributed by atoms with Crippen LogP contribution in [0, 0.1) is 0 Å². The average molecular weight is 444 g/mol. The minimum atomic E-state index is -0.795. The fourth-order valence-corrected chi connectivity index (χ4v) is 3.08. The van der Waals surface area contributed by atoms with Crippen molar-refractivity contribution in [3.05, 3.63) is 108 Å². The molecule has 2 amide bonds. The van der Waals surface area contributed by atoms with Gasteiger partial charge in [-0.2, -0.15) is 0 Å². The molecule has 0 heterocycles. The van der Waals surface area contributed by atoms with Gasteiger partial charge in [0.05, 0.1) is 12.3 Å². The van der Waals surface area contributed by atoms with Crippen molar-refractivity contribution < 1.29 is 19.1 Å². The van der Waals surface area contributed by atoms with Gasteiger partial charge in [-0.1, -0.05) is 54.6 Å². The normalized spacial score (nSPS) is 11.1. The van der Waals surface area contributed by atoms with Gasteiger partial charge in [0.15, 0.2) is 0 Å². The predicted molar refractivity (Wildman–Crippen MR) is 127 cm³/mol. The van der Waals surface area contributed by atoms with E-state index in [2.05, 4.69) is 10.7 Å². The van der Waals surface area contributed by atoms with Crippen LogP contribution in [0.25, 0.3) is 0 Å². The van der Waals surface area contributed by atoms with Gasteiger partial charge in [0.25, 0.3) is 11.8 Å². The van der Waals surface area contributed by atoms with Crippen LogP contribution in [-0.4, -0.2) is 24.4 Å². The molecule has 7 nitrogen and oxygen atoms in total. The van der Waals surface area contributed by atoms with E-state index in [0.29, 0.717) is 16.9 Å². The third kappa shape index (κ3) is 6.07. The van der Waals surface area contributed by atoms with Crippen molar-refractivity contribution in [2.75, 3.05) is 16.9 Å². The summed E-state index contributed by atoms with van der Waals surface area (Å²) in [6, 6.07) is 26.4. The molecule has 0 spiro atoms. The van der Waals surface area contributed by atoms with Crippen LogP contribution in [0.2, 0.25) is 0 Å². The van der Waals surface area contributed by atoms with Gasteiger partial charge < -0.3 is 10.1 Å². The van der Waals surface area contributed by atoms with E-state index < -0.39 is 11.9 Å². The van der Waals surface area contributed by atoms with Crippen molar-refractivity contribution in [1.82, 2.24) is 5.43 Å². The van der Waals surface area contributed by atoms with E-state index >= 15 is 0 Å². The first-order chi connectivity index (χ1) is 16.0. The molecule has 0 aliphatic heterocycles. The molecule has 0 aliphatic rings. The lowest BCUT2D eigenvalue weighted by Gasteiger charge is -2.26. The molecule has 0 radical (unpaired) electrons. The van der Waals surface area contributed by atoms with Crippen LogP contribution in [0.3, 0.4) is 0 Å². The van der Waals surface area contributed by atoms with Crippen LogP contribution in [-0.2, 0) is 14.3 Å². The number of carbonyl (C=O) groups excluding carboxylic acids is 3. The first-order valence-corrected chi connectivity index (χ1v) is 10.5. The summed E-state index contributed by atoms with van der Waals surface area (Å²) in [6.07, 6.45) is 0. The van der Waals surface area contributed by atoms with E-state index in [1.165, 1.54) is 5.01 Å². The molecule has 168 valence electrons. The molecule has 0 unspecified atom stereocenters. The lowest BCUT2D eigenvalue weighted by atomic mass is 10.1. The summed E-state index contributed by atoms with van der Waals surface area (Å²) in [4.78, 5) is 39.0. The standard InChI is InChI=1S/C26H25N3O4/c1-3-33-26(32)23(24(30)27-21-15-9-5-10-16-21)19(2)28-29(22-17-11-6-12-18-22)25(31)20-13-7-4-8-14-20/h4-18,28H,3H2,1-2H3,(H,27,30)/b23-19-. The Balaban J connectivity index is 1.99. The smallest absolute Gasteiger partial charge is 0.345 e. The first kappa shape index (κ1) is 23.3. The van der Waals surface area contributed by atoms with Crippen LogP contribution in [0.4, 0.5) is 11.4 Å². The Morgan fingerprint density at radius 1 is 0.818 bits per heavy atom. The van der Waals surface area contributed by atoms with Crippen molar-refractivity contribution in [3.63, 3.8) is 0 Å². The van der Waals surface area contributed by atoms with Crippen molar-refractivity contribution in [1.29, 1.82) is 0 Å². The Morgan fingerprint density at radius 3 is 1.94 bits per heavy atom. The van der Waals surface area contributed by atoms with E-state index in [1.807, 2.05) is 18.2 Å². The lowest BCUT2D eigenvalue weighted by molar-refractivity contribution is -0.139. The van der Waals surface area contributed by atoms with Crippen LogP contribution in [0.15, 0.2) is 102 Å². The maximum Gasteiger partial charge on any atom is 0.345 e. The van der Waals surface area contributed by atoms with Gasteiger partial charge in [0, 0.05) is 16.9 Å². The number of nitrogens with one attached hydrogen (secondary N) is 2. The molecule has 0 saturated heterocycles. The molecule has 0 bridgehead atoms. The summed E-state index contributed by atoms with van der Waals surface area (Å²) >= 11 is 0. The number of para-hydroxylation sites is 2. The Bertz CT molecular complexity index is 1130. The molecule has 7 heteroatoms. The number of ether oxygens (including phenoxy) is 1. The zero-order valence-electron chi connectivity index (χ0n) is 18.4. The zero-order valence-corrected chi connectivity index (χ0v) is 18.4. The highest BCUT2D eigenvalue weighted by Gasteiger charge is 2.26. The van der Waals surface area contributed by atoms with Gasteiger partial charge >= 0.3 is 5.97 Å². The number of hydrazine groups is 1. The zero-order chi connectivity index (χ0) is 23.6. The predicted octanol–water partition coefficient (Wildman–Crippen LogP) is 4.31. The summed E-state index contributed by atoms with van der Waals surface area (Å²) in [5.41, 5.74) is 4.37. The Kier molecular flexibility index (Phi) is 7.96. The Hall–Kier alpha value is -4.39. The molecule has 0 fully saturated rings. The monoisotopic (exact) mass is 443 g/mol. The van der Waals surface area contributed by atoms with Gasteiger partial charge in [0.2, 0.25) is 0 Å². The van der Waals surface area contributed by atoms with Crippen molar-refractivity contribution in [2.24, 2.45) is 0 Å². The van der Waals surface area contributed by atoms with E-state index in [-0.39, 0.29) is 23.8 Å². The van der Waals surface area contributed by atoms with Crippen LogP contribution < -0.4 is 15.8 Å². The summed E-state index contributed by atoms with van der Waals surface area (Å²) in [7, 11) is 0. The minimum absolute atomic E-state index is 0.0968. The molecule has 0 aliphatic carbocycles. The quantitative estimate of drug-likeness (QED) is 0.178. The SMILES string of the molecule is CCOC(=O)/C(C(=O)Nc1ccccc1)=C(/C)NN(C(=O)c1ccccc1)c1ccccc1. The highest BCUT2D eigenvalue weighted by molar-refractivity contribution is 6.21. The molecule has 3 aromatic rings. The van der Waals surface area contributed by atoms with Crippen LogP contribution >= 0.6 is 0 Å². The number of benzene rings is 3. The largest absolute Gasteiger partial charge is 0.462 e. The number of hydrogen-bond donors (Lipinski definition) is 2. The summed E-state index contributed by atoms with van der Waals surface area (Å²) in [5.74, 6) is -1.80. The number of carbonyl (C=O) groups is 3. The van der Waals surface area contributed by atoms with Crippen molar-refractivity contribution in [3.8, 4) is 0 Å². The highest BCUT2D eigenvalue weighted by Crippen LogP contribution is 2.18. The molecule has 3 rings (SSSR count). The fraction of sp³-hybridized carbons (Fsp3) is 0.115. The van der Waals surface area contributed by atoms with E-state index in [0.717, 1.165) is 0 Å². The van der Waals surface area contributed by atoms with E-state index in [4.69, 9.17) is 4.74 Å². The highest BCUT2D eigenvalue weighted by atomic mass is 16.5. The summed E-state index contributed by atoms with van der Waals surface area (Å²) < 4.78 is 5.12. The van der Waals surface area contributed by atoms with Gasteiger partial charge in [0.1, 0.15) is 5.57 Å². The molecule has 0 atom stereocenters. The molecule has 0 saturated carbocycles. The molecule has 3 aromatic carbocycles. The number of esters is 1. The lowest BCUT2D eigenvalue weighted by Crippen LogP contribution is -2.43. The number of nitrogens with zero attached hydrogens (tertiary/aromatic N) is 1. The molecule has 0 aromatic heterocycles. The fourth-order valence-electron chi connectivity index (χ4n) is 3.08. The molecular formula is C26H25N3O4. The summed E-state index contributed by atoms with van der Waals surface area (Å²) in [6.45, 7) is 3.30. The van der Waals surface area contributed by atoms with Gasteiger partial charge in [-0.3, -0.25) is 15.0 Å². The second-order valence-corrected chi connectivity index (χ2v) is 6.99. The topological polar surface area (TPSA) is 87.7 Å². The minimum Gasteiger partial charge on any atom is -0.462 e. The second kappa shape index (κ2) is 11.3. The second-order valence-electron chi connectivity index (χ2n) is 6.99. The van der Waals surface area contributed by atoms with Crippen LogP contribution in [0.5, 0.6) is 0 Å². The van der Waals surface area contributed by atoms with Crippen molar-refractivity contribution >= 4 is 29.2 Å². The third-order valence-electron chi connectivity index (χ3n) is 4.63. The maximum atomic E-state index is 13.3. The number of anilines is 2. The average Bonchev–Trinajstić information content (AvgIpc) is 2.84. The summed E-state index contributed by atoms with van der Waals surface area (Å²) in [5, 5.41) is 3.99. The molecule has 2 N–H and O–H groups in total. The van der Waals surface area contributed by atoms with Gasteiger partial charge in [-0.25, -0.2) is 9.80 Å². The third-order valence-corrected chi connectivity index (χ3v) is 4.63. The van der Waals surface area contributed by atoms with Gasteiger partial charge in [-0.15, -0.1) is 0 Å². The van der Waals surface area contributed by atoms with Crippen LogP contribution in [0.1, 0.15) is 24.2 Å². The number of hydrogen-bond acceptors (Lipinski definition) is 5. The van der Waals surface area contributed by atoms with Crippen molar-refractivity contribution in [2.45, 2.75) is 13.8 Å². The maximum absolute atomic E-state index is 13.3. The Morgan fingerprint density at radius 2 is 1.36 bits per heavy atom. The first-order valence-electron chi connectivity index (χ1n) is 10.5. The van der Waals surface area contributed by atoms with Gasteiger partial charge in [-0.05, 0) is 50.2 Å². The Labute approximate surface area is 192 Å². The van der Waals surface area contributed by atoms with E-state index in [9.17, 15) is 14.4 Å². The number of rotatable bonds is 8. The number of amides is 2. The van der Waals surface area contributed by atoms with E-state index in [1.54, 1.807) is 86.6 Å².